The zero-order chi connectivity index (χ0) is 14.7. The molecule has 21 heavy (non-hydrogen) atoms. The predicted molar refractivity (Wildman–Crippen MR) is 84.9 cm³/mol. The average Bonchev–Trinajstić information content (AvgIpc) is 3.06. The van der Waals surface area contributed by atoms with Crippen LogP contribution in [-0.4, -0.2) is 32.4 Å². The Hall–Kier alpha value is -1.06. The van der Waals surface area contributed by atoms with Gasteiger partial charge in [0.1, 0.15) is 5.75 Å². The van der Waals surface area contributed by atoms with Crippen molar-refractivity contribution in [3.8, 4) is 5.75 Å². The first kappa shape index (κ1) is 14.9. The third-order valence-electron chi connectivity index (χ3n) is 5.19. The molecule has 3 nitrogen and oxygen atoms in total. The van der Waals surface area contributed by atoms with Gasteiger partial charge in [-0.15, -0.1) is 0 Å². The Kier molecular flexibility index (Phi) is 4.51. The maximum absolute atomic E-state index is 5.92. The van der Waals surface area contributed by atoms with Crippen molar-refractivity contribution in [1.82, 2.24) is 5.32 Å². The van der Waals surface area contributed by atoms with Crippen LogP contribution in [0.5, 0.6) is 5.75 Å². The second-order valence-corrected chi connectivity index (χ2v) is 6.55. The van der Waals surface area contributed by atoms with E-state index in [0.29, 0.717) is 12.0 Å². The molecule has 0 amide bonds. The monoisotopic (exact) mass is 289 g/mol. The van der Waals surface area contributed by atoms with E-state index in [4.69, 9.17) is 9.47 Å². The summed E-state index contributed by atoms with van der Waals surface area (Å²) < 4.78 is 11.8. The van der Waals surface area contributed by atoms with Crippen LogP contribution in [-0.2, 0) is 4.74 Å². The number of hydrogen-bond acceptors (Lipinski definition) is 3. The molecule has 116 valence electrons. The molecule has 1 aromatic carbocycles. The number of fused-ring (bicyclic) bond motifs is 1. The van der Waals surface area contributed by atoms with Gasteiger partial charge in [0.25, 0.3) is 0 Å². The van der Waals surface area contributed by atoms with Crippen LogP contribution in [0.1, 0.15) is 44.6 Å². The van der Waals surface area contributed by atoms with E-state index in [1.165, 1.54) is 12.0 Å². The number of benzene rings is 1. The smallest absolute Gasteiger partial charge is 0.122 e. The lowest BCUT2D eigenvalue weighted by Gasteiger charge is -2.34. The van der Waals surface area contributed by atoms with E-state index < -0.39 is 0 Å². The van der Waals surface area contributed by atoms with E-state index >= 15 is 0 Å². The third-order valence-corrected chi connectivity index (χ3v) is 5.19. The Morgan fingerprint density at radius 2 is 2.19 bits per heavy atom. The summed E-state index contributed by atoms with van der Waals surface area (Å²) >= 11 is 0. The van der Waals surface area contributed by atoms with E-state index in [9.17, 15) is 0 Å². The molecule has 0 spiro atoms. The van der Waals surface area contributed by atoms with Crippen LogP contribution in [0.15, 0.2) is 24.3 Å². The molecular weight excluding hydrogens is 262 g/mol. The van der Waals surface area contributed by atoms with Crippen molar-refractivity contribution in [3.05, 3.63) is 29.8 Å². The Morgan fingerprint density at radius 3 is 2.95 bits per heavy atom. The van der Waals surface area contributed by atoms with E-state index in [1.54, 1.807) is 0 Å². The van der Waals surface area contributed by atoms with E-state index in [1.807, 2.05) is 0 Å². The number of ether oxygens (including phenoxy) is 2. The molecule has 2 heterocycles. The summed E-state index contributed by atoms with van der Waals surface area (Å²) in [6, 6.07) is 8.49. The molecule has 1 fully saturated rings. The van der Waals surface area contributed by atoms with Crippen molar-refractivity contribution in [2.24, 2.45) is 5.41 Å². The van der Waals surface area contributed by atoms with Gasteiger partial charge in [-0.05, 0) is 38.8 Å². The van der Waals surface area contributed by atoms with Gasteiger partial charge in [-0.3, -0.25) is 0 Å². The molecule has 3 unspecified atom stereocenters. The van der Waals surface area contributed by atoms with Gasteiger partial charge in [-0.1, -0.05) is 25.1 Å². The molecule has 3 heteroatoms. The zero-order valence-corrected chi connectivity index (χ0v) is 13.2. The minimum absolute atomic E-state index is 0.251. The van der Waals surface area contributed by atoms with Crippen LogP contribution in [0.4, 0.5) is 0 Å². The lowest BCUT2D eigenvalue weighted by molar-refractivity contribution is 0.0532. The highest BCUT2D eigenvalue weighted by molar-refractivity contribution is 5.39. The molecule has 1 saturated heterocycles. The zero-order valence-electron chi connectivity index (χ0n) is 13.2. The molecule has 3 atom stereocenters. The molecule has 2 aliphatic heterocycles. The normalized spacial score (nSPS) is 31.1. The van der Waals surface area contributed by atoms with Gasteiger partial charge in [-0.2, -0.15) is 0 Å². The molecule has 0 radical (unpaired) electrons. The molecule has 3 rings (SSSR count). The number of nitrogens with one attached hydrogen (secondary N) is 1. The quantitative estimate of drug-likeness (QED) is 0.815. The van der Waals surface area contributed by atoms with Gasteiger partial charge >= 0.3 is 0 Å². The fourth-order valence-electron chi connectivity index (χ4n) is 3.79. The van der Waals surface area contributed by atoms with Crippen LogP contribution in [0.2, 0.25) is 0 Å². The average molecular weight is 289 g/mol. The first-order chi connectivity index (χ1) is 10.2. The molecule has 0 saturated carbocycles. The van der Waals surface area contributed by atoms with E-state index in [2.05, 4.69) is 43.4 Å². The lowest BCUT2D eigenvalue weighted by atomic mass is 9.73. The van der Waals surface area contributed by atoms with E-state index in [-0.39, 0.29) is 5.41 Å². The summed E-state index contributed by atoms with van der Waals surface area (Å²) in [5, 5.41) is 3.63. The van der Waals surface area contributed by atoms with Gasteiger partial charge in [-0.25, -0.2) is 0 Å². The summed E-state index contributed by atoms with van der Waals surface area (Å²) in [7, 11) is 0. The summed E-state index contributed by atoms with van der Waals surface area (Å²) in [6.45, 7) is 8.32. The fourth-order valence-corrected chi connectivity index (χ4v) is 3.79. The minimum Gasteiger partial charge on any atom is -0.493 e. The maximum Gasteiger partial charge on any atom is 0.122 e. The van der Waals surface area contributed by atoms with Gasteiger partial charge < -0.3 is 14.8 Å². The summed E-state index contributed by atoms with van der Waals surface area (Å²) in [4.78, 5) is 0. The molecule has 0 bridgehead atoms. The maximum atomic E-state index is 5.92. The number of rotatable bonds is 6. The van der Waals surface area contributed by atoms with Crippen molar-refractivity contribution in [2.75, 3.05) is 26.3 Å². The Morgan fingerprint density at radius 1 is 1.33 bits per heavy atom. The van der Waals surface area contributed by atoms with Gasteiger partial charge in [0, 0.05) is 30.0 Å². The standard InChI is InChI=1S/C18H27NO2/c1-3-9-19-13-18(8-10-20-14(18)2)11-15-12-21-17-7-5-4-6-16(15)17/h4-7,14-15,19H,3,8-13H2,1-2H3. The van der Waals surface area contributed by atoms with Gasteiger partial charge in [0.05, 0.1) is 12.7 Å². The third kappa shape index (κ3) is 2.95. The minimum atomic E-state index is 0.251. The van der Waals surface area contributed by atoms with Gasteiger partial charge in [0.2, 0.25) is 0 Å². The van der Waals surface area contributed by atoms with Crippen LogP contribution < -0.4 is 10.1 Å². The fraction of sp³-hybridized carbons (Fsp3) is 0.667. The first-order valence-corrected chi connectivity index (χ1v) is 8.29. The molecule has 1 aromatic rings. The molecule has 0 aliphatic carbocycles. The topological polar surface area (TPSA) is 30.5 Å². The highest BCUT2D eigenvalue weighted by atomic mass is 16.5. The van der Waals surface area contributed by atoms with Crippen LogP contribution in [0.3, 0.4) is 0 Å². The van der Waals surface area contributed by atoms with E-state index in [0.717, 1.165) is 44.9 Å². The summed E-state index contributed by atoms with van der Waals surface area (Å²) in [5.74, 6) is 1.58. The molecule has 0 aromatic heterocycles. The van der Waals surface area contributed by atoms with Crippen LogP contribution in [0, 0.1) is 5.41 Å². The lowest BCUT2D eigenvalue weighted by Crippen LogP contribution is -2.41. The Bertz CT molecular complexity index is 476. The second-order valence-electron chi connectivity index (χ2n) is 6.55. The van der Waals surface area contributed by atoms with Crippen LogP contribution in [0.25, 0.3) is 0 Å². The SMILES string of the molecule is CCCNCC1(CC2COc3ccccc32)CCOC1C. The predicted octanol–water partition coefficient (Wildman–Crippen LogP) is 3.35. The number of hydrogen-bond donors (Lipinski definition) is 1. The Labute approximate surface area is 128 Å². The largest absolute Gasteiger partial charge is 0.493 e. The summed E-state index contributed by atoms with van der Waals surface area (Å²) in [6.07, 6.45) is 3.82. The molecule has 2 aliphatic rings. The van der Waals surface area contributed by atoms with Crippen molar-refractivity contribution < 1.29 is 9.47 Å². The first-order valence-electron chi connectivity index (χ1n) is 8.29. The molecule has 1 N–H and O–H groups in total. The number of para-hydroxylation sites is 1. The highest BCUT2D eigenvalue weighted by Crippen LogP contribution is 2.46. The van der Waals surface area contributed by atoms with Crippen LogP contribution >= 0.6 is 0 Å². The van der Waals surface area contributed by atoms with Crippen molar-refractivity contribution in [2.45, 2.75) is 45.1 Å². The second kappa shape index (κ2) is 6.37. The van der Waals surface area contributed by atoms with Crippen molar-refractivity contribution in [1.29, 1.82) is 0 Å². The Balaban J connectivity index is 1.73. The highest BCUT2D eigenvalue weighted by Gasteiger charge is 2.44. The van der Waals surface area contributed by atoms with Crippen molar-refractivity contribution >= 4 is 0 Å². The molecular formula is C18H27NO2. The van der Waals surface area contributed by atoms with Gasteiger partial charge in [0.15, 0.2) is 0 Å². The van der Waals surface area contributed by atoms with Crippen molar-refractivity contribution in [3.63, 3.8) is 0 Å². The summed E-state index contributed by atoms with van der Waals surface area (Å²) in [5.41, 5.74) is 1.63.